The van der Waals surface area contributed by atoms with E-state index in [0.29, 0.717) is 0 Å². The summed E-state index contributed by atoms with van der Waals surface area (Å²) in [4.78, 5) is 0. The number of aromatic nitrogens is 2. The van der Waals surface area contributed by atoms with E-state index in [1.54, 1.807) is 0 Å². The van der Waals surface area contributed by atoms with Gasteiger partial charge in [-0.05, 0) is 94.0 Å². The maximum Gasteiger partial charge on any atom is 0.0541 e. The average molecular weight is 637 g/mol. The molecule has 2 heterocycles. The molecule has 0 bridgehead atoms. The molecule has 10 aromatic rings. The van der Waals surface area contributed by atoms with Gasteiger partial charge in [-0.25, -0.2) is 0 Å². The summed E-state index contributed by atoms with van der Waals surface area (Å²) >= 11 is 0. The molecular formula is C48H32N2. The van der Waals surface area contributed by atoms with Gasteiger partial charge in [0.2, 0.25) is 0 Å². The van der Waals surface area contributed by atoms with Crippen molar-refractivity contribution in [2.45, 2.75) is 0 Å². The van der Waals surface area contributed by atoms with Crippen LogP contribution in [0.5, 0.6) is 0 Å². The minimum absolute atomic E-state index is 1.17. The summed E-state index contributed by atoms with van der Waals surface area (Å²) in [6, 6.07) is 70.4. The fourth-order valence-corrected chi connectivity index (χ4v) is 7.76. The van der Waals surface area contributed by atoms with Crippen molar-refractivity contribution in [1.29, 1.82) is 0 Å². The first-order valence-corrected chi connectivity index (χ1v) is 17.2. The second-order valence-corrected chi connectivity index (χ2v) is 13.0. The van der Waals surface area contributed by atoms with E-state index in [1.165, 1.54) is 88.4 Å². The van der Waals surface area contributed by atoms with Crippen molar-refractivity contribution in [3.8, 4) is 44.8 Å². The molecule has 0 atom stereocenters. The molecule has 0 aliphatic carbocycles. The number of rotatable bonds is 5. The lowest BCUT2D eigenvalue weighted by Gasteiger charge is -2.11. The fraction of sp³-hybridized carbons (Fsp3) is 0. The number of hydrogen-bond acceptors (Lipinski definition) is 0. The lowest BCUT2D eigenvalue weighted by molar-refractivity contribution is 1.18. The first kappa shape index (κ1) is 28.4. The Labute approximate surface area is 290 Å². The van der Waals surface area contributed by atoms with E-state index in [1.807, 2.05) is 0 Å². The zero-order valence-corrected chi connectivity index (χ0v) is 27.4. The van der Waals surface area contributed by atoms with Crippen LogP contribution < -0.4 is 0 Å². The highest BCUT2D eigenvalue weighted by Crippen LogP contribution is 2.35. The van der Waals surface area contributed by atoms with Crippen molar-refractivity contribution in [1.82, 2.24) is 9.13 Å². The van der Waals surface area contributed by atoms with E-state index < -0.39 is 0 Å². The normalized spacial score (nSPS) is 11.6. The Kier molecular flexibility index (Phi) is 6.53. The minimum Gasteiger partial charge on any atom is -0.309 e. The molecule has 234 valence electrons. The van der Waals surface area contributed by atoms with E-state index in [-0.39, 0.29) is 0 Å². The highest BCUT2D eigenvalue weighted by Gasteiger charge is 2.13. The molecule has 0 saturated carbocycles. The molecule has 2 nitrogen and oxygen atoms in total. The van der Waals surface area contributed by atoms with E-state index in [4.69, 9.17) is 0 Å². The van der Waals surface area contributed by atoms with Crippen LogP contribution in [0.25, 0.3) is 88.4 Å². The summed E-state index contributed by atoms with van der Waals surface area (Å²) in [6.07, 6.45) is 0. The number of hydrogen-bond donors (Lipinski definition) is 0. The maximum atomic E-state index is 2.37. The Bertz CT molecular complexity index is 2540. The van der Waals surface area contributed by atoms with Crippen LogP contribution in [-0.4, -0.2) is 9.13 Å². The van der Waals surface area contributed by atoms with E-state index in [0.717, 1.165) is 0 Å². The molecule has 0 unspecified atom stereocenters. The lowest BCUT2D eigenvalue weighted by atomic mass is 9.96. The first-order chi connectivity index (χ1) is 24.8. The fourth-order valence-electron chi connectivity index (χ4n) is 7.76. The summed E-state index contributed by atoms with van der Waals surface area (Å²) in [5.74, 6) is 0. The van der Waals surface area contributed by atoms with E-state index in [2.05, 4.69) is 203 Å². The predicted octanol–water partition coefficient (Wildman–Crippen LogP) is 12.9. The largest absolute Gasteiger partial charge is 0.309 e. The van der Waals surface area contributed by atoms with Gasteiger partial charge in [-0.1, -0.05) is 133 Å². The standard InChI is InChI=1S/C48H32N2/c1-5-19-45-41(15-1)42-16-2-6-20-46(42)49(45)39-27-23-33(24-28-39)35-11-9-13-37(31-35)38-14-10-12-36(32-38)34-25-29-40(30-26-34)50-47-21-7-3-17-43(47)44-18-4-8-22-48(44)50/h1-32H. The number of para-hydroxylation sites is 4. The Hall–Kier alpha value is -6.64. The van der Waals surface area contributed by atoms with Crippen LogP contribution in [0.15, 0.2) is 194 Å². The van der Waals surface area contributed by atoms with Crippen molar-refractivity contribution < 1.29 is 0 Å². The molecule has 0 saturated heterocycles. The highest BCUT2D eigenvalue weighted by molar-refractivity contribution is 6.10. The van der Waals surface area contributed by atoms with Crippen molar-refractivity contribution in [2.75, 3.05) is 0 Å². The SMILES string of the molecule is c1cc(-c2ccc(-n3c4ccccc4c4ccccc43)cc2)cc(-c2cccc(-c3ccc(-n4c5ccccc5c5ccccc54)cc3)c2)c1. The van der Waals surface area contributed by atoms with Crippen LogP contribution in [0.4, 0.5) is 0 Å². The van der Waals surface area contributed by atoms with Gasteiger partial charge in [0.15, 0.2) is 0 Å². The summed E-state index contributed by atoms with van der Waals surface area (Å²) in [5, 5.41) is 5.12. The third-order valence-corrected chi connectivity index (χ3v) is 10.1. The Balaban J connectivity index is 0.962. The van der Waals surface area contributed by atoms with E-state index in [9.17, 15) is 0 Å². The highest BCUT2D eigenvalue weighted by atomic mass is 15.0. The van der Waals surface area contributed by atoms with Crippen molar-refractivity contribution >= 4 is 43.6 Å². The van der Waals surface area contributed by atoms with Crippen LogP contribution in [0, 0.1) is 0 Å². The quantitative estimate of drug-likeness (QED) is 0.178. The van der Waals surface area contributed by atoms with Gasteiger partial charge in [-0.15, -0.1) is 0 Å². The molecule has 10 rings (SSSR count). The van der Waals surface area contributed by atoms with Crippen LogP contribution in [0.3, 0.4) is 0 Å². The zero-order chi connectivity index (χ0) is 33.0. The Morgan fingerprint density at radius 3 is 0.820 bits per heavy atom. The van der Waals surface area contributed by atoms with Gasteiger partial charge in [0.1, 0.15) is 0 Å². The third kappa shape index (κ3) is 4.57. The molecular weight excluding hydrogens is 605 g/mol. The minimum atomic E-state index is 1.17. The van der Waals surface area contributed by atoms with Gasteiger partial charge in [-0.2, -0.15) is 0 Å². The van der Waals surface area contributed by atoms with Gasteiger partial charge >= 0.3 is 0 Å². The summed E-state index contributed by atoms with van der Waals surface area (Å²) in [6.45, 7) is 0. The second kappa shape index (κ2) is 11.5. The molecule has 0 N–H and O–H groups in total. The number of fused-ring (bicyclic) bond motifs is 6. The molecule has 0 fully saturated rings. The molecule has 2 heteroatoms. The predicted molar refractivity (Wildman–Crippen MR) is 211 cm³/mol. The van der Waals surface area contributed by atoms with Crippen molar-refractivity contribution in [3.05, 3.63) is 194 Å². The van der Waals surface area contributed by atoms with Gasteiger partial charge in [0.25, 0.3) is 0 Å². The number of nitrogens with zero attached hydrogens (tertiary/aromatic N) is 2. The molecule has 0 spiro atoms. The second-order valence-electron chi connectivity index (χ2n) is 13.0. The maximum absolute atomic E-state index is 2.37. The van der Waals surface area contributed by atoms with Gasteiger partial charge in [0, 0.05) is 32.9 Å². The average Bonchev–Trinajstić information content (AvgIpc) is 3.71. The van der Waals surface area contributed by atoms with Gasteiger partial charge in [0.05, 0.1) is 22.1 Å². The van der Waals surface area contributed by atoms with Crippen LogP contribution >= 0.6 is 0 Å². The summed E-state index contributed by atoms with van der Waals surface area (Å²) < 4.78 is 4.73. The molecule has 50 heavy (non-hydrogen) atoms. The Morgan fingerprint density at radius 1 is 0.220 bits per heavy atom. The summed E-state index contributed by atoms with van der Waals surface area (Å²) in [7, 11) is 0. The van der Waals surface area contributed by atoms with Crippen LogP contribution in [0.1, 0.15) is 0 Å². The van der Waals surface area contributed by atoms with Crippen molar-refractivity contribution in [2.24, 2.45) is 0 Å². The summed E-state index contributed by atoms with van der Waals surface area (Å²) in [5.41, 5.74) is 14.5. The van der Waals surface area contributed by atoms with Crippen LogP contribution in [0.2, 0.25) is 0 Å². The van der Waals surface area contributed by atoms with Gasteiger partial charge in [-0.3, -0.25) is 0 Å². The number of benzene rings is 8. The van der Waals surface area contributed by atoms with Gasteiger partial charge < -0.3 is 9.13 Å². The monoisotopic (exact) mass is 636 g/mol. The van der Waals surface area contributed by atoms with E-state index >= 15 is 0 Å². The molecule has 0 aliphatic rings. The molecule has 8 aromatic carbocycles. The topological polar surface area (TPSA) is 9.86 Å². The first-order valence-electron chi connectivity index (χ1n) is 17.2. The zero-order valence-electron chi connectivity index (χ0n) is 27.4. The lowest BCUT2D eigenvalue weighted by Crippen LogP contribution is -1.93. The Morgan fingerprint density at radius 2 is 0.500 bits per heavy atom. The smallest absolute Gasteiger partial charge is 0.0541 e. The van der Waals surface area contributed by atoms with Crippen molar-refractivity contribution in [3.63, 3.8) is 0 Å². The molecule has 0 aliphatic heterocycles. The van der Waals surface area contributed by atoms with Crippen LogP contribution in [-0.2, 0) is 0 Å². The molecule has 0 radical (unpaired) electrons. The third-order valence-electron chi connectivity index (χ3n) is 10.1. The molecule has 0 amide bonds. The molecule has 2 aromatic heterocycles.